The van der Waals surface area contributed by atoms with Gasteiger partial charge in [0.15, 0.2) is 0 Å². The number of para-hydroxylation sites is 2. The average Bonchev–Trinajstić information content (AvgIpc) is 2.69. The lowest BCUT2D eigenvalue weighted by molar-refractivity contribution is 0.0952. The molecule has 5 heteroatoms. The highest BCUT2D eigenvalue weighted by atomic mass is 16.5. The minimum Gasteiger partial charge on any atom is -0.496 e. The SMILES string of the molecule is COc1ccccc1C(=O)NN=Cc1cccc(Oc2ccccc2)c1. The van der Waals surface area contributed by atoms with Crippen LogP contribution < -0.4 is 14.9 Å². The lowest BCUT2D eigenvalue weighted by Crippen LogP contribution is -2.18. The zero-order chi connectivity index (χ0) is 18.2. The summed E-state index contributed by atoms with van der Waals surface area (Å²) in [5.41, 5.74) is 3.73. The fourth-order valence-electron chi connectivity index (χ4n) is 2.34. The molecule has 3 aromatic carbocycles. The van der Waals surface area contributed by atoms with Crippen LogP contribution in [0.4, 0.5) is 0 Å². The molecule has 0 aliphatic heterocycles. The highest BCUT2D eigenvalue weighted by molar-refractivity contribution is 5.97. The maximum Gasteiger partial charge on any atom is 0.275 e. The molecule has 5 nitrogen and oxygen atoms in total. The predicted octanol–water partition coefficient (Wildman–Crippen LogP) is 4.25. The molecule has 0 unspecified atom stereocenters. The summed E-state index contributed by atoms with van der Waals surface area (Å²) in [4.78, 5) is 12.2. The fourth-order valence-corrected chi connectivity index (χ4v) is 2.34. The third-order valence-electron chi connectivity index (χ3n) is 3.57. The van der Waals surface area contributed by atoms with Gasteiger partial charge in [-0.25, -0.2) is 5.43 Å². The van der Waals surface area contributed by atoms with Crippen molar-refractivity contribution >= 4 is 12.1 Å². The highest BCUT2D eigenvalue weighted by Crippen LogP contribution is 2.21. The molecule has 3 aromatic rings. The normalized spacial score (nSPS) is 10.5. The lowest BCUT2D eigenvalue weighted by atomic mass is 10.2. The van der Waals surface area contributed by atoms with E-state index in [0.29, 0.717) is 17.1 Å². The average molecular weight is 346 g/mol. The van der Waals surface area contributed by atoms with Crippen LogP contribution in [0.5, 0.6) is 17.2 Å². The number of carbonyl (C=O) groups is 1. The van der Waals surface area contributed by atoms with Crippen molar-refractivity contribution < 1.29 is 14.3 Å². The molecule has 0 heterocycles. The van der Waals surface area contributed by atoms with E-state index in [1.807, 2.05) is 54.6 Å². The third kappa shape index (κ3) is 4.48. The molecule has 0 spiro atoms. The maximum absolute atomic E-state index is 12.2. The van der Waals surface area contributed by atoms with Gasteiger partial charge in [0.1, 0.15) is 17.2 Å². The summed E-state index contributed by atoms with van der Waals surface area (Å²) in [5.74, 6) is 1.61. The van der Waals surface area contributed by atoms with Crippen molar-refractivity contribution in [1.29, 1.82) is 0 Å². The molecule has 0 saturated heterocycles. The summed E-state index contributed by atoms with van der Waals surface area (Å²) in [6, 6.07) is 23.9. The molecular weight excluding hydrogens is 328 g/mol. The standard InChI is InChI=1S/C21H18N2O3/c1-25-20-13-6-5-12-19(20)21(24)23-22-15-16-8-7-11-18(14-16)26-17-9-3-2-4-10-17/h2-15H,1H3,(H,23,24). The molecule has 130 valence electrons. The molecule has 0 radical (unpaired) electrons. The van der Waals surface area contributed by atoms with Gasteiger partial charge < -0.3 is 9.47 Å². The Bertz CT molecular complexity index is 908. The van der Waals surface area contributed by atoms with Gasteiger partial charge in [-0.15, -0.1) is 0 Å². The summed E-state index contributed by atoms with van der Waals surface area (Å²) in [5, 5.41) is 4.01. The first-order valence-electron chi connectivity index (χ1n) is 8.05. The predicted molar refractivity (Wildman–Crippen MR) is 101 cm³/mol. The van der Waals surface area contributed by atoms with Crippen molar-refractivity contribution in [1.82, 2.24) is 5.43 Å². The molecule has 0 aliphatic carbocycles. The molecule has 0 aliphatic rings. The second-order valence-corrected chi connectivity index (χ2v) is 5.39. The molecule has 0 bridgehead atoms. The smallest absolute Gasteiger partial charge is 0.275 e. The molecule has 26 heavy (non-hydrogen) atoms. The second kappa shape index (κ2) is 8.48. The van der Waals surface area contributed by atoms with E-state index in [2.05, 4.69) is 10.5 Å². The number of nitrogens with one attached hydrogen (secondary N) is 1. The molecule has 1 amide bonds. The van der Waals surface area contributed by atoms with E-state index in [1.165, 1.54) is 7.11 Å². The topological polar surface area (TPSA) is 59.9 Å². The van der Waals surface area contributed by atoms with E-state index in [4.69, 9.17) is 9.47 Å². The van der Waals surface area contributed by atoms with Crippen LogP contribution in [-0.2, 0) is 0 Å². The summed E-state index contributed by atoms with van der Waals surface area (Å²) in [7, 11) is 1.52. The van der Waals surface area contributed by atoms with Crippen LogP contribution in [-0.4, -0.2) is 19.2 Å². The number of hydrazone groups is 1. The zero-order valence-corrected chi connectivity index (χ0v) is 14.3. The first kappa shape index (κ1) is 17.2. The van der Waals surface area contributed by atoms with Crippen LogP contribution in [0.3, 0.4) is 0 Å². The number of nitrogens with zero attached hydrogens (tertiary/aromatic N) is 1. The van der Waals surface area contributed by atoms with Gasteiger partial charge in [0, 0.05) is 0 Å². The Hall–Kier alpha value is -3.60. The Morgan fingerprint density at radius 1 is 0.923 bits per heavy atom. The van der Waals surface area contributed by atoms with E-state index < -0.39 is 0 Å². The van der Waals surface area contributed by atoms with Crippen molar-refractivity contribution in [3.05, 3.63) is 90.0 Å². The van der Waals surface area contributed by atoms with Crippen molar-refractivity contribution in [2.45, 2.75) is 0 Å². The highest BCUT2D eigenvalue weighted by Gasteiger charge is 2.09. The maximum atomic E-state index is 12.2. The first-order chi connectivity index (χ1) is 12.8. The molecule has 0 aromatic heterocycles. The molecule has 0 saturated carbocycles. The summed E-state index contributed by atoms with van der Waals surface area (Å²) in [6.45, 7) is 0. The van der Waals surface area contributed by atoms with Gasteiger partial charge in [0.25, 0.3) is 5.91 Å². The molecule has 3 rings (SSSR count). The number of ether oxygens (including phenoxy) is 2. The molecule has 0 fully saturated rings. The van der Waals surface area contributed by atoms with Gasteiger partial charge in [0.2, 0.25) is 0 Å². The van der Waals surface area contributed by atoms with E-state index in [0.717, 1.165) is 11.3 Å². The Labute approximate surface area is 151 Å². The van der Waals surface area contributed by atoms with Crippen molar-refractivity contribution in [2.75, 3.05) is 7.11 Å². The minimum absolute atomic E-state index is 0.338. The van der Waals surface area contributed by atoms with Crippen molar-refractivity contribution in [2.24, 2.45) is 5.10 Å². The minimum atomic E-state index is -0.338. The van der Waals surface area contributed by atoms with Gasteiger partial charge >= 0.3 is 0 Å². The Kier molecular flexibility index (Phi) is 5.62. The van der Waals surface area contributed by atoms with Crippen LogP contribution in [0.25, 0.3) is 0 Å². The number of hydrogen-bond acceptors (Lipinski definition) is 4. The van der Waals surface area contributed by atoms with Crippen molar-refractivity contribution in [3.8, 4) is 17.2 Å². The van der Waals surface area contributed by atoms with Gasteiger partial charge in [0.05, 0.1) is 18.9 Å². The van der Waals surface area contributed by atoms with E-state index in [-0.39, 0.29) is 5.91 Å². The lowest BCUT2D eigenvalue weighted by Gasteiger charge is -2.06. The number of benzene rings is 3. The monoisotopic (exact) mass is 346 g/mol. The van der Waals surface area contributed by atoms with Crippen LogP contribution in [0.2, 0.25) is 0 Å². The van der Waals surface area contributed by atoms with Crippen molar-refractivity contribution in [3.63, 3.8) is 0 Å². The van der Waals surface area contributed by atoms with Crippen LogP contribution >= 0.6 is 0 Å². The zero-order valence-electron chi connectivity index (χ0n) is 14.3. The second-order valence-electron chi connectivity index (χ2n) is 5.39. The molecule has 1 N–H and O–H groups in total. The van der Waals surface area contributed by atoms with Crippen LogP contribution in [0.1, 0.15) is 15.9 Å². The summed E-state index contributed by atoms with van der Waals surface area (Å²) >= 11 is 0. The van der Waals surface area contributed by atoms with Gasteiger partial charge in [-0.2, -0.15) is 5.10 Å². The number of carbonyl (C=O) groups excluding carboxylic acids is 1. The Balaban J connectivity index is 1.65. The number of hydrogen-bond donors (Lipinski definition) is 1. The fraction of sp³-hybridized carbons (Fsp3) is 0.0476. The van der Waals surface area contributed by atoms with E-state index in [9.17, 15) is 4.79 Å². The summed E-state index contributed by atoms with van der Waals surface area (Å²) in [6.07, 6.45) is 1.56. The van der Waals surface area contributed by atoms with E-state index in [1.54, 1.807) is 30.5 Å². The quantitative estimate of drug-likeness (QED) is 0.536. The Morgan fingerprint density at radius 3 is 2.46 bits per heavy atom. The molecular formula is C21H18N2O3. The Morgan fingerprint density at radius 2 is 1.65 bits per heavy atom. The molecule has 0 atom stereocenters. The number of amides is 1. The van der Waals surface area contributed by atoms with Gasteiger partial charge in [-0.3, -0.25) is 4.79 Å². The van der Waals surface area contributed by atoms with Crippen LogP contribution in [0.15, 0.2) is 84.0 Å². The third-order valence-corrected chi connectivity index (χ3v) is 3.57. The largest absolute Gasteiger partial charge is 0.496 e. The van der Waals surface area contributed by atoms with Gasteiger partial charge in [-0.1, -0.05) is 42.5 Å². The van der Waals surface area contributed by atoms with Gasteiger partial charge in [-0.05, 0) is 42.0 Å². The van der Waals surface area contributed by atoms with E-state index >= 15 is 0 Å². The summed E-state index contributed by atoms with van der Waals surface area (Å²) < 4.78 is 11.0. The number of methoxy groups -OCH3 is 1. The van der Waals surface area contributed by atoms with Crippen LogP contribution in [0, 0.1) is 0 Å². The number of rotatable bonds is 6. The first-order valence-corrected chi connectivity index (χ1v) is 8.05.